The van der Waals surface area contributed by atoms with E-state index in [-0.39, 0.29) is 0 Å². The van der Waals surface area contributed by atoms with Crippen LogP contribution in [0.2, 0.25) is 0 Å². The van der Waals surface area contributed by atoms with Crippen molar-refractivity contribution in [3.8, 4) is 0 Å². The zero-order chi connectivity index (χ0) is 12.5. The highest BCUT2D eigenvalue weighted by atomic mass is 127. The third-order valence-electron chi connectivity index (χ3n) is 3.57. The van der Waals surface area contributed by atoms with Crippen LogP contribution in [-0.4, -0.2) is 15.4 Å². The van der Waals surface area contributed by atoms with Crippen LogP contribution in [0, 0.1) is 9.49 Å². The highest BCUT2D eigenvalue weighted by Gasteiger charge is 2.21. The third kappa shape index (κ3) is 2.67. The van der Waals surface area contributed by atoms with E-state index in [9.17, 15) is 0 Å². The number of benzene rings is 1. The second kappa shape index (κ2) is 5.37. The number of rotatable bonds is 5. The summed E-state index contributed by atoms with van der Waals surface area (Å²) in [5.41, 5.74) is 2.37. The minimum atomic E-state index is 0.643. The zero-order valence-electron chi connectivity index (χ0n) is 10.2. The molecule has 1 aromatic carbocycles. The molecule has 0 saturated heterocycles. The Kier molecular flexibility index (Phi) is 3.80. The van der Waals surface area contributed by atoms with Crippen molar-refractivity contribution in [1.29, 1.82) is 0 Å². The normalized spacial score (nSPS) is 15.4. The maximum atomic E-state index is 5.89. The first-order chi connectivity index (χ1) is 8.78. The molecule has 1 fully saturated rings. The molecule has 0 spiro atoms. The fourth-order valence-corrected chi connectivity index (χ4v) is 3.04. The summed E-state index contributed by atoms with van der Waals surface area (Å²) in [7, 11) is 0. The van der Waals surface area contributed by atoms with Crippen LogP contribution in [0.1, 0.15) is 25.1 Å². The van der Waals surface area contributed by atoms with Crippen LogP contribution in [0.4, 0.5) is 0 Å². The first-order valence-corrected chi connectivity index (χ1v) is 8.10. The van der Waals surface area contributed by atoms with Crippen molar-refractivity contribution < 1.29 is 0 Å². The Morgan fingerprint density at radius 1 is 1.39 bits per heavy atom. The SMILES string of the molecule is ClCCc1nc2cc(I)ccc2n1CCC1CC1. The molecule has 1 aliphatic carbocycles. The van der Waals surface area contributed by atoms with E-state index in [0.29, 0.717) is 5.88 Å². The summed E-state index contributed by atoms with van der Waals surface area (Å²) >= 11 is 8.22. The Balaban J connectivity index is 1.97. The molecule has 1 heterocycles. The van der Waals surface area contributed by atoms with E-state index in [1.807, 2.05) is 0 Å². The van der Waals surface area contributed by atoms with E-state index >= 15 is 0 Å². The summed E-state index contributed by atoms with van der Waals surface area (Å²) in [5.74, 6) is 2.74. The van der Waals surface area contributed by atoms with Gasteiger partial charge in [0.2, 0.25) is 0 Å². The number of nitrogens with zero attached hydrogens (tertiary/aromatic N) is 2. The van der Waals surface area contributed by atoms with E-state index in [1.54, 1.807) is 0 Å². The average molecular weight is 375 g/mol. The third-order valence-corrected chi connectivity index (χ3v) is 4.43. The van der Waals surface area contributed by atoms with Crippen LogP contribution >= 0.6 is 34.2 Å². The van der Waals surface area contributed by atoms with Gasteiger partial charge < -0.3 is 4.57 Å². The van der Waals surface area contributed by atoms with Crippen LogP contribution in [-0.2, 0) is 13.0 Å². The molecule has 3 rings (SSSR count). The lowest BCUT2D eigenvalue weighted by molar-refractivity contribution is 0.588. The molecule has 0 bridgehead atoms. The Morgan fingerprint density at radius 2 is 2.22 bits per heavy atom. The number of aromatic nitrogens is 2. The van der Waals surface area contributed by atoms with Crippen molar-refractivity contribution in [2.75, 3.05) is 5.88 Å². The fourth-order valence-electron chi connectivity index (χ4n) is 2.40. The van der Waals surface area contributed by atoms with Crippen molar-refractivity contribution >= 4 is 45.2 Å². The molecule has 0 aliphatic heterocycles. The Hall–Kier alpha value is -0.290. The molecule has 0 amide bonds. The Morgan fingerprint density at radius 3 is 2.94 bits per heavy atom. The Labute approximate surface area is 126 Å². The first kappa shape index (κ1) is 12.7. The highest BCUT2D eigenvalue weighted by Crippen LogP contribution is 2.33. The van der Waals surface area contributed by atoms with Gasteiger partial charge in [-0.25, -0.2) is 4.98 Å². The maximum Gasteiger partial charge on any atom is 0.111 e. The zero-order valence-corrected chi connectivity index (χ0v) is 13.1. The highest BCUT2D eigenvalue weighted by molar-refractivity contribution is 14.1. The summed E-state index contributed by atoms with van der Waals surface area (Å²) in [4.78, 5) is 4.74. The number of alkyl halides is 1. The average Bonchev–Trinajstić information content (AvgIpc) is 3.10. The van der Waals surface area contributed by atoms with Gasteiger partial charge in [0.1, 0.15) is 5.82 Å². The first-order valence-electron chi connectivity index (χ1n) is 6.48. The van der Waals surface area contributed by atoms with Gasteiger partial charge in [-0.1, -0.05) is 12.8 Å². The lowest BCUT2D eigenvalue weighted by Gasteiger charge is -2.07. The number of halogens is 2. The lowest BCUT2D eigenvalue weighted by Crippen LogP contribution is -2.05. The van der Waals surface area contributed by atoms with E-state index in [0.717, 1.165) is 30.2 Å². The van der Waals surface area contributed by atoms with Crippen molar-refractivity contribution in [3.63, 3.8) is 0 Å². The summed E-state index contributed by atoms with van der Waals surface area (Å²) in [5, 5.41) is 0. The van der Waals surface area contributed by atoms with E-state index in [1.165, 1.54) is 28.3 Å². The minimum absolute atomic E-state index is 0.643. The summed E-state index contributed by atoms with van der Waals surface area (Å²) in [6.07, 6.45) is 4.97. The van der Waals surface area contributed by atoms with Crippen LogP contribution in [0.5, 0.6) is 0 Å². The molecular weight excluding hydrogens is 359 g/mol. The number of fused-ring (bicyclic) bond motifs is 1. The molecule has 1 saturated carbocycles. The molecule has 18 heavy (non-hydrogen) atoms. The number of hydrogen-bond acceptors (Lipinski definition) is 1. The largest absolute Gasteiger partial charge is 0.328 e. The fraction of sp³-hybridized carbons (Fsp3) is 0.500. The molecule has 2 aromatic rings. The molecule has 4 heteroatoms. The molecule has 0 radical (unpaired) electrons. The molecule has 0 unspecified atom stereocenters. The summed E-state index contributed by atoms with van der Waals surface area (Å²) in [6, 6.07) is 6.50. The molecule has 0 atom stereocenters. The monoisotopic (exact) mass is 374 g/mol. The number of hydrogen-bond donors (Lipinski definition) is 0. The van der Waals surface area contributed by atoms with Gasteiger partial charge in [-0.05, 0) is 53.1 Å². The predicted octanol–water partition coefficient (Wildman–Crippen LogP) is 4.22. The quantitative estimate of drug-likeness (QED) is 0.566. The van der Waals surface area contributed by atoms with Crippen LogP contribution in [0.25, 0.3) is 11.0 Å². The van der Waals surface area contributed by atoms with Crippen molar-refractivity contribution in [2.24, 2.45) is 5.92 Å². The lowest BCUT2D eigenvalue weighted by atomic mass is 10.2. The van der Waals surface area contributed by atoms with Crippen LogP contribution in [0.15, 0.2) is 18.2 Å². The van der Waals surface area contributed by atoms with Gasteiger partial charge in [-0.15, -0.1) is 11.6 Å². The van der Waals surface area contributed by atoms with Crippen molar-refractivity contribution in [1.82, 2.24) is 9.55 Å². The molecule has 96 valence electrons. The van der Waals surface area contributed by atoms with Gasteiger partial charge in [0.15, 0.2) is 0 Å². The number of imidazole rings is 1. The van der Waals surface area contributed by atoms with Gasteiger partial charge in [-0.3, -0.25) is 0 Å². The van der Waals surface area contributed by atoms with Gasteiger partial charge >= 0.3 is 0 Å². The van der Waals surface area contributed by atoms with Crippen molar-refractivity contribution in [3.05, 3.63) is 27.6 Å². The van der Waals surface area contributed by atoms with Crippen molar-refractivity contribution in [2.45, 2.75) is 32.2 Å². The van der Waals surface area contributed by atoms with Crippen LogP contribution in [0.3, 0.4) is 0 Å². The molecule has 1 aliphatic rings. The van der Waals surface area contributed by atoms with Crippen LogP contribution < -0.4 is 0 Å². The standard InChI is InChI=1S/C14H16ClIN2/c15-7-5-14-17-12-9-11(16)3-4-13(12)18(14)8-6-10-1-2-10/h3-4,9-10H,1-2,5-8H2. The van der Waals surface area contributed by atoms with Gasteiger partial charge in [0.25, 0.3) is 0 Å². The second-order valence-corrected chi connectivity index (χ2v) is 6.61. The number of aryl methyl sites for hydroxylation is 2. The predicted molar refractivity (Wildman–Crippen MR) is 84.2 cm³/mol. The van der Waals surface area contributed by atoms with E-state index in [2.05, 4.69) is 45.4 Å². The maximum absolute atomic E-state index is 5.89. The minimum Gasteiger partial charge on any atom is -0.328 e. The van der Waals surface area contributed by atoms with E-state index in [4.69, 9.17) is 16.6 Å². The van der Waals surface area contributed by atoms with Gasteiger partial charge in [-0.2, -0.15) is 0 Å². The summed E-state index contributed by atoms with van der Waals surface area (Å²) < 4.78 is 3.61. The van der Waals surface area contributed by atoms with Gasteiger partial charge in [0.05, 0.1) is 11.0 Å². The molecule has 1 aromatic heterocycles. The molecule has 0 N–H and O–H groups in total. The molecule has 2 nitrogen and oxygen atoms in total. The van der Waals surface area contributed by atoms with E-state index < -0.39 is 0 Å². The van der Waals surface area contributed by atoms with Gasteiger partial charge in [0, 0.05) is 22.4 Å². The smallest absolute Gasteiger partial charge is 0.111 e. The summed E-state index contributed by atoms with van der Waals surface area (Å²) in [6.45, 7) is 1.09. The topological polar surface area (TPSA) is 17.8 Å². The molecular formula is C14H16ClIN2. The second-order valence-electron chi connectivity index (χ2n) is 4.98. The Bertz CT molecular complexity index is 560.